The number of ether oxygens (including phenoxy) is 3. The molecular formula is C14H19NO6S2. The second kappa shape index (κ2) is 7.41. The quantitative estimate of drug-likeness (QED) is 0.723. The van der Waals surface area contributed by atoms with Gasteiger partial charge in [-0.2, -0.15) is 4.31 Å². The molecule has 0 N–H and O–H groups in total. The summed E-state index contributed by atoms with van der Waals surface area (Å²) in [5, 5.41) is -0.528. The van der Waals surface area contributed by atoms with Crippen LogP contribution in [0.4, 0.5) is 0 Å². The van der Waals surface area contributed by atoms with E-state index in [1.54, 1.807) is 12.1 Å². The van der Waals surface area contributed by atoms with E-state index in [1.807, 2.05) is 0 Å². The van der Waals surface area contributed by atoms with Crippen LogP contribution in [-0.4, -0.2) is 64.1 Å². The van der Waals surface area contributed by atoms with Crippen LogP contribution >= 0.6 is 11.8 Å². The summed E-state index contributed by atoms with van der Waals surface area (Å²) in [6.07, 6.45) is 0. The van der Waals surface area contributed by atoms with E-state index >= 15 is 0 Å². The summed E-state index contributed by atoms with van der Waals surface area (Å²) >= 11 is 1.39. The van der Waals surface area contributed by atoms with Crippen molar-refractivity contribution in [2.75, 3.05) is 40.2 Å². The molecule has 2 rings (SSSR count). The summed E-state index contributed by atoms with van der Waals surface area (Å²) in [7, 11) is 0.356. The molecule has 0 aromatic heterocycles. The van der Waals surface area contributed by atoms with Crippen molar-refractivity contribution in [3.63, 3.8) is 0 Å². The third-order valence-corrected chi connectivity index (χ3v) is 6.53. The Morgan fingerprint density at radius 1 is 1.26 bits per heavy atom. The predicted octanol–water partition coefficient (Wildman–Crippen LogP) is 0.983. The van der Waals surface area contributed by atoms with Gasteiger partial charge < -0.3 is 14.2 Å². The standard InChI is InChI=1S/C14H19NO6S2/c1-19-10-4-5-11(20-2)13(8-10)23(17,18)15-6-7-22-12(9-15)14(16)21-3/h4-5,8,12H,6-7,9H2,1-3H3/t12-/m0/s1. The van der Waals surface area contributed by atoms with Crippen LogP contribution in [0.15, 0.2) is 23.1 Å². The maximum absolute atomic E-state index is 12.9. The number of thioether (sulfide) groups is 1. The molecule has 0 unspecified atom stereocenters. The first-order valence-electron chi connectivity index (χ1n) is 6.85. The Morgan fingerprint density at radius 3 is 2.61 bits per heavy atom. The number of nitrogens with zero attached hydrogens (tertiary/aromatic N) is 1. The molecule has 0 bridgehead atoms. The second-order valence-electron chi connectivity index (χ2n) is 4.76. The molecule has 1 heterocycles. The van der Waals surface area contributed by atoms with Crippen molar-refractivity contribution in [1.82, 2.24) is 4.31 Å². The zero-order chi connectivity index (χ0) is 17.0. The molecule has 0 aliphatic carbocycles. The van der Waals surface area contributed by atoms with Gasteiger partial charge in [0.15, 0.2) is 0 Å². The minimum Gasteiger partial charge on any atom is -0.497 e. The van der Waals surface area contributed by atoms with E-state index in [1.165, 1.54) is 43.5 Å². The molecule has 1 aromatic carbocycles. The van der Waals surface area contributed by atoms with Gasteiger partial charge in [-0.25, -0.2) is 8.42 Å². The smallest absolute Gasteiger partial charge is 0.320 e. The van der Waals surface area contributed by atoms with Crippen LogP contribution in [0, 0.1) is 0 Å². The molecule has 23 heavy (non-hydrogen) atoms. The molecule has 7 nitrogen and oxygen atoms in total. The van der Waals surface area contributed by atoms with Crippen LogP contribution in [0.5, 0.6) is 11.5 Å². The van der Waals surface area contributed by atoms with Crippen LogP contribution < -0.4 is 9.47 Å². The van der Waals surface area contributed by atoms with Crippen molar-refractivity contribution < 1.29 is 27.4 Å². The average molecular weight is 361 g/mol. The molecule has 1 saturated heterocycles. The molecule has 1 fully saturated rings. The van der Waals surface area contributed by atoms with Gasteiger partial charge in [0, 0.05) is 24.9 Å². The Bertz CT molecular complexity index is 676. The molecule has 1 atom stereocenters. The Kier molecular flexibility index (Phi) is 5.77. The highest BCUT2D eigenvalue weighted by Gasteiger charge is 2.35. The van der Waals surface area contributed by atoms with Gasteiger partial charge in [-0.3, -0.25) is 4.79 Å². The fourth-order valence-corrected chi connectivity index (χ4v) is 5.21. The second-order valence-corrected chi connectivity index (χ2v) is 7.98. The molecule has 1 aliphatic heterocycles. The van der Waals surface area contributed by atoms with E-state index in [2.05, 4.69) is 0 Å². The maximum Gasteiger partial charge on any atom is 0.320 e. The summed E-state index contributed by atoms with van der Waals surface area (Å²) in [6.45, 7) is 0.390. The monoisotopic (exact) mass is 361 g/mol. The van der Waals surface area contributed by atoms with E-state index in [0.717, 1.165) is 0 Å². The van der Waals surface area contributed by atoms with Crippen molar-refractivity contribution in [2.45, 2.75) is 10.1 Å². The van der Waals surface area contributed by atoms with Crippen LogP contribution in [0.1, 0.15) is 0 Å². The van der Waals surface area contributed by atoms with Crippen molar-refractivity contribution in [1.29, 1.82) is 0 Å². The largest absolute Gasteiger partial charge is 0.497 e. The molecule has 128 valence electrons. The molecule has 9 heteroatoms. The first-order chi connectivity index (χ1) is 10.9. The van der Waals surface area contributed by atoms with Crippen LogP contribution in [0.25, 0.3) is 0 Å². The Labute approximate surface area is 139 Å². The molecule has 0 saturated carbocycles. The number of benzene rings is 1. The topological polar surface area (TPSA) is 82.1 Å². The molecule has 0 amide bonds. The van der Waals surface area contributed by atoms with Crippen molar-refractivity contribution in [2.24, 2.45) is 0 Å². The number of carbonyl (C=O) groups excluding carboxylic acids is 1. The van der Waals surface area contributed by atoms with Gasteiger partial charge in [-0.15, -0.1) is 11.8 Å². The molecule has 0 spiro atoms. The number of hydrogen-bond acceptors (Lipinski definition) is 7. The number of methoxy groups -OCH3 is 3. The first kappa shape index (κ1) is 17.9. The zero-order valence-electron chi connectivity index (χ0n) is 13.1. The van der Waals surface area contributed by atoms with E-state index in [9.17, 15) is 13.2 Å². The molecule has 1 aliphatic rings. The van der Waals surface area contributed by atoms with Gasteiger partial charge in [0.25, 0.3) is 0 Å². The fraction of sp³-hybridized carbons (Fsp3) is 0.500. The third-order valence-electron chi connectivity index (χ3n) is 3.48. The number of carbonyl (C=O) groups is 1. The summed E-state index contributed by atoms with van der Waals surface area (Å²) in [5.74, 6) is 0.747. The Morgan fingerprint density at radius 2 is 2.00 bits per heavy atom. The zero-order valence-corrected chi connectivity index (χ0v) is 14.8. The highest BCUT2D eigenvalue weighted by molar-refractivity contribution is 8.00. The summed E-state index contributed by atoms with van der Waals surface area (Å²) < 4.78 is 42.1. The summed E-state index contributed by atoms with van der Waals surface area (Å²) in [4.78, 5) is 11.7. The number of rotatable bonds is 5. The van der Waals surface area contributed by atoms with Crippen LogP contribution in [0.2, 0.25) is 0 Å². The molecule has 0 radical (unpaired) electrons. The molecular weight excluding hydrogens is 342 g/mol. The number of sulfonamides is 1. The van der Waals surface area contributed by atoms with Crippen LogP contribution in [0.3, 0.4) is 0 Å². The lowest BCUT2D eigenvalue weighted by atomic mass is 10.3. The maximum atomic E-state index is 12.9. The van der Waals surface area contributed by atoms with Gasteiger partial charge >= 0.3 is 5.97 Å². The van der Waals surface area contributed by atoms with Crippen molar-refractivity contribution in [3.05, 3.63) is 18.2 Å². The number of esters is 1. The average Bonchev–Trinajstić information content (AvgIpc) is 2.60. The first-order valence-corrected chi connectivity index (χ1v) is 9.34. The number of hydrogen-bond donors (Lipinski definition) is 0. The lowest BCUT2D eigenvalue weighted by molar-refractivity contribution is -0.140. The Hall–Kier alpha value is -1.45. The van der Waals surface area contributed by atoms with Crippen molar-refractivity contribution in [3.8, 4) is 11.5 Å². The van der Waals surface area contributed by atoms with Gasteiger partial charge in [0.05, 0.1) is 21.3 Å². The summed E-state index contributed by atoms with van der Waals surface area (Å²) in [6, 6.07) is 4.59. The highest BCUT2D eigenvalue weighted by atomic mass is 32.2. The normalized spacial score (nSPS) is 19.2. The lowest BCUT2D eigenvalue weighted by Gasteiger charge is -2.30. The predicted molar refractivity (Wildman–Crippen MR) is 86.6 cm³/mol. The van der Waals surface area contributed by atoms with E-state index in [4.69, 9.17) is 14.2 Å². The minimum atomic E-state index is -3.80. The SMILES string of the molecule is COC(=O)[C@@H]1CN(S(=O)(=O)c2cc(OC)ccc2OC)CCS1. The van der Waals surface area contributed by atoms with Gasteiger partial charge in [0.2, 0.25) is 10.0 Å². The van der Waals surface area contributed by atoms with Gasteiger partial charge in [-0.05, 0) is 12.1 Å². The van der Waals surface area contributed by atoms with Crippen molar-refractivity contribution >= 4 is 27.8 Å². The van der Waals surface area contributed by atoms with E-state index < -0.39 is 21.2 Å². The van der Waals surface area contributed by atoms with E-state index in [-0.39, 0.29) is 17.2 Å². The Balaban J connectivity index is 2.36. The van der Waals surface area contributed by atoms with E-state index in [0.29, 0.717) is 18.0 Å². The van der Waals surface area contributed by atoms with Crippen LogP contribution in [-0.2, 0) is 19.6 Å². The summed E-state index contributed by atoms with van der Waals surface area (Å²) in [5.41, 5.74) is 0. The fourth-order valence-electron chi connectivity index (χ4n) is 2.24. The highest BCUT2D eigenvalue weighted by Crippen LogP contribution is 2.32. The van der Waals surface area contributed by atoms with Gasteiger partial charge in [0.1, 0.15) is 21.6 Å². The van der Waals surface area contributed by atoms with Gasteiger partial charge in [-0.1, -0.05) is 0 Å². The molecule has 1 aromatic rings. The lowest BCUT2D eigenvalue weighted by Crippen LogP contribution is -2.44. The third kappa shape index (κ3) is 3.73. The minimum absolute atomic E-state index is 0.0230.